The highest BCUT2D eigenvalue weighted by atomic mass is 16.6. The van der Waals surface area contributed by atoms with Crippen LogP contribution in [0.25, 0.3) is 0 Å². The van der Waals surface area contributed by atoms with Gasteiger partial charge in [0, 0.05) is 39.3 Å². The van der Waals surface area contributed by atoms with E-state index in [0.29, 0.717) is 37.4 Å². The Hall–Kier alpha value is -2.68. The van der Waals surface area contributed by atoms with Gasteiger partial charge in [-0.25, -0.2) is 14.6 Å². The van der Waals surface area contributed by atoms with Crippen molar-refractivity contribution in [1.82, 2.24) is 20.1 Å². The third kappa shape index (κ3) is 6.98. The summed E-state index contributed by atoms with van der Waals surface area (Å²) in [5.74, 6) is -0.735. The van der Waals surface area contributed by atoms with Gasteiger partial charge in [-0.15, -0.1) is 0 Å². The molecule has 2 rings (SSSR count). The van der Waals surface area contributed by atoms with Gasteiger partial charge in [0.05, 0.1) is 17.9 Å². The maximum atomic E-state index is 12.3. The molecule has 2 heterocycles. The molecule has 0 aliphatic carbocycles. The average Bonchev–Trinajstić information content (AvgIpc) is 2.67. The van der Waals surface area contributed by atoms with Crippen molar-refractivity contribution in [2.45, 2.75) is 40.2 Å². The Kier molecular flexibility index (Phi) is 8.16. The molecule has 0 aromatic carbocycles. The molecule has 1 aromatic rings. The lowest BCUT2D eigenvalue weighted by Gasteiger charge is -2.35. The first kappa shape index (κ1) is 23.6. The number of aryl methyl sites for hydroxylation is 1. The summed E-state index contributed by atoms with van der Waals surface area (Å²) in [7, 11) is 0. The number of piperazine rings is 1. The standard InChI is InChI=1S/C21H32N4O5/c1-6-29-19(27)16-7-8-17(23-15(16)2)18(26)22-9-10-24-11-13-25(14-12-24)20(28)30-21(3,4)5/h7-8H,6,9-14H2,1-5H3,(H,22,26). The van der Waals surface area contributed by atoms with Gasteiger partial charge in [-0.2, -0.15) is 0 Å². The molecular formula is C21H32N4O5. The number of amides is 2. The maximum Gasteiger partial charge on any atom is 0.410 e. The summed E-state index contributed by atoms with van der Waals surface area (Å²) in [6.45, 7) is 13.0. The molecule has 166 valence electrons. The van der Waals surface area contributed by atoms with E-state index in [4.69, 9.17) is 9.47 Å². The van der Waals surface area contributed by atoms with E-state index in [1.54, 1.807) is 24.8 Å². The van der Waals surface area contributed by atoms with Crippen LogP contribution in [0.2, 0.25) is 0 Å². The number of pyridine rings is 1. The van der Waals surface area contributed by atoms with Gasteiger partial charge in [0.1, 0.15) is 11.3 Å². The molecule has 0 radical (unpaired) electrons. The second kappa shape index (κ2) is 10.4. The summed E-state index contributed by atoms with van der Waals surface area (Å²) in [4.78, 5) is 44.4. The van der Waals surface area contributed by atoms with Crippen LogP contribution < -0.4 is 5.32 Å². The quantitative estimate of drug-likeness (QED) is 0.701. The average molecular weight is 421 g/mol. The highest BCUT2D eigenvalue weighted by molar-refractivity contribution is 5.95. The lowest BCUT2D eigenvalue weighted by molar-refractivity contribution is 0.0146. The fraction of sp³-hybridized carbons (Fsp3) is 0.619. The first-order chi connectivity index (χ1) is 14.1. The van der Waals surface area contributed by atoms with Crippen LogP contribution in [0.1, 0.15) is 54.2 Å². The highest BCUT2D eigenvalue weighted by Crippen LogP contribution is 2.12. The van der Waals surface area contributed by atoms with Gasteiger partial charge in [0.15, 0.2) is 0 Å². The number of nitrogens with one attached hydrogen (secondary N) is 1. The van der Waals surface area contributed by atoms with Crippen molar-refractivity contribution in [3.05, 3.63) is 29.1 Å². The fourth-order valence-corrected chi connectivity index (χ4v) is 3.01. The van der Waals surface area contributed by atoms with Crippen molar-refractivity contribution in [2.75, 3.05) is 45.9 Å². The summed E-state index contributed by atoms with van der Waals surface area (Å²) >= 11 is 0. The van der Waals surface area contributed by atoms with E-state index in [1.165, 1.54) is 6.07 Å². The van der Waals surface area contributed by atoms with Gasteiger partial charge < -0.3 is 19.7 Å². The topological polar surface area (TPSA) is 101 Å². The van der Waals surface area contributed by atoms with Crippen molar-refractivity contribution < 1.29 is 23.9 Å². The SMILES string of the molecule is CCOC(=O)c1ccc(C(=O)NCCN2CCN(C(=O)OC(C)(C)C)CC2)nc1C. The normalized spacial score (nSPS) is 14.9. The minimum absolute atomic E-state index is 0.260. The molecule has 1 saturated heterocycles. The minimum Gasteiger partial charge on any atom is -0.462 e. The molecule has 0 bridgehead atoms. The van der Waals surface area contributed by atoms with Crippen LogP contribution in [0.15, 0.2) is 12.1 Å². The van der Waals surface area contributed by atoms with E-state index in [1.807, 2.05) is 20.8 Å². The first-order valence-corrected chi connectivity index (χ1v) is 10.2. The lowest BCUT2D eigenvalue weighted by Crippen LogP contribution is -2.51. The molecule has 9 heteroatoms. The molecular weight excluding hydrogens is 388 g/mol. The zero-order chi connectivity index (χ0) is 22.3. The van der Waals surface area contributed by atoms with Crippen molar-refractivity contribution in [1.29, 1.82) is 0 Å². The van der Waals surface area contributed by atoms with Crippen LogP contribution in [0.4, 0.5) is 4.79 Å². The molecule has 1 aromatic heterocycles. The van der Waals surface area contributed by atoms with Gasteiger partial charge >= 0.3 is 12.1 Å². The predicted octanol–water partition coefficient (Wildman–Crippen LogP) is 1.85. The third-order valence-corrected chi connectivity index (χ3v) is 4.55. The van der Waals surface area contributed by atoms with E-state index in [-0.39, 0.29) is 24.3 Å². The van der Waals surface area contributed by atoms with Crippen LogP contribution in [0.3, 0.4) is 0 Å². The van der Waals surface area contributed by atoms with Gasteiger partial charge in [-0.3, -0.25) is 9.69 Å². The van der Waals surface area contributed by atoms with E-state index in [2.05, 4.69) is 15.2 Å². The largest absolute Gasteiger partial charge is 0.462 e. The van der Waals surface area contributed by atoms with Crippen molar-refractivity contribution >= 4 is 18.0 Å². The number of carbonyl (C=O) groups is 3. The third-order valence-electron chi connectivity index (χ3n) is 4.55. The summed E-state index contributed by atoms with van der Waals surface area (Å²) < 4.78 is 10.4. The second-order valence-corrected chi connectivity index (χ2v) is 8.11. The van der Waals surface area contributed by atoms with Crippen molar-refractivity contribution in [3.8, 4) is 0 Å². The van der Waals surface area contributed by atoms with Crippen LogP contribution in [0.5, 0.6) is 0 Å². The minimum atomic E-state index is -0.501. The molecule has 1 aliphatic heterocycles. The Bertz CT molecular complexity index is 767. The Labute approximate surface area is 177 Å². The Morgan fingerprint density at radius 1 is 1.13 bits per heavy atom. The van der Waals surface area contributed by atoms with Gasteiger partial charge in [0.2, 0.25) is 0 Å². The Balaban J connectivity index is 1.76. The summed E-state index contributed by atoms with van der Waals surface area (Å²) in [5.41, 5.74) is 0.574. The van der Waals surface area contributed by atoms with E-state index in [0.717, 1.165) is 13.1 Å². The van der Waals surface area contributed by atoms with Gasteiger partial charge in [-0.05, 0) is 46.8 Å². The first-order valence-electron chi connectivity index (χ1n) is 10.2. The van der Waals surface area contributed by atoms with Crippen molar-refractivity contribution in [3.63, 3.8) is 0 Å². The molecule has 0 unspecified atom stereocenters. The number of aromatic nitrogens is 1. The summed E-state index contributed by atoms with van der Waals surface area (Å²) in [6, 6.07) is 3.08. The van der Waals surface area contributed by atoms with E-state index >= 15 is 0 Å². The lowest BCUT2D eigenvalue weighted by atomic mass is 10.2. The molecule has 2 amide bonds. The molecule has 1 N–H and O–H groups in total. The van der Waals surface area contributed by atoms with Gasteiger partial charge in [0.25, 0.3) is 5.91 Å². The zero-order valence-corrected chi connectivity index (χ0v) is 18.5. The second-order valence-electron chi connectivity index (χ2n) is 8.11. The number of carbonyl (C=O) groups excluding carboxylic acids is 3. The molecule has 30 heavy (non-hydrogen) atoms. The Morgan fingerprint density at radius 2 is 1.80 bits per heavy atom. The molecule has 1 fully saturated rings. The Morgan fingerprint density at radius 3 is 2.37 bits per heavy atom. The fourth-order valence-electron chi connectivity index (χ4n) is 3.01. The summed E-state index contributed by atoms with van der Waals surface area (Å²) in [5, 5.41) is 2.85. The highest BCUT2D eigenvalue weighted by Gasteiger charge is 2.25. The number of rotatable bonds is 6. The zero-order valence-electron chi connectivity index (χ0n) is 18.5. The number of ether oxygens (including phenoxy) is 2. The van der Waals surface area contributed by atoms with Gasteiger partial charge in [-0.1, -0.05) is 0 Å². The maximum absolute atomic E-state index is 12.3. The number of nitrogens with zero attached hydrogens (tertiary/aromatic N) is 3. The van der Waals surface area contributed by atoms with Crippen LogP contribution in [-0.4, -0.2) is 84.2 Å². The molecule has 9 nitrogen and oxygen atoms in total. The summed E-state index contributed by atoms with van der Waals surface area (Å²) in [6.07, 6.45) is -0.289. The van der Waals surface area contributed by atoms with Crippen LogP contribution in [0, 0.1) is 6.92 Å². The van der Waals surface area contributed by atoms with Crippen LogP contribution in [-0.2, 0) is 9.47 Å². The van der Waals surface area contributed by atoms with Crippen LogP contribution >= 0.6 is 0 Å². The molecule has 0 saturated carbocycles. The van der Waals surface area contributed by atoms with E-state index < -0.39 is 11.6 Å². The van der Waals surface area contributed by atoms with E-state index in [9.17, 15) is 14.4 Å². The van der Waals surface area contributed by atoms with Crippen molar-refractivity contribution in [2.24, 2.45) is 0 Å². The predicted molar refractivity (Wildman–Crippen MR) is 112 cm³/mol. The monoisotopic (exact) mass is 420 g/mol. The molecule has 0 atom stereocenters. The molecule has 0 spiro atoms. The molecule has 1 aliphatic rings. The number of esters is 1. The number of hydrogen-bond acceptors (Lipinski definition) is 7. The smallest absolute Gasteiger partial charge is 0.410 e. The number of hydrogen-bond donors (Lipinski definition) is 1.